The van der Waals surface area contributed by atoms with E-state index in [1.165, 1.54) is 22.6 Å². The molecular formula is C13H21N3O3S2. The lowest BCUT2D eigenvalue weighted by Crippen LogP contribution is -2.51. The summed E-state index contributed by atoms with van der Waals surface area (Å²) in [6.07, 6.45) is 0.651. The van der Waals surface area contributed by atoms with E-state index in [0.29, 0.717) is 36.8 Å². The molecule has 0 radical (unpaired) electrons. The van der Waals surface area contributed by atoms with Crippen molar-refractivity contribution >= 4 is 27.3 Å². The molecule has 21 heavy (non-hydrogen) atoms. The summed E-state index contributed by atoms with van der Waals surface area (Å²) < 4.78 is 27.1. The molecule has 1 aliphatic rings. The maximum atomic E-state index is 12.6. The molecule has 0 aliphatic carbocycles. The van der Waals surface area contributed by atoms with Gasteiger partial charge in [0, 0.05) is 44.0 Å². The number of thiophene rings is 1. The largest absolute Gasteiger partial charge is 0.356 e. The van der Waals surface area contributed by atoms with Crippen LogP contribution in [0.1, 0.15) is 18.7 Å². The molecule has 1 aliphatic heterocycles. The van der Waals surface area contributed by atoms with E-state index in [1.54, 1.807) is 6.07 Å². The summed E-state index contributed by atoms with van der Waals surface area (Å²) >= 11 is 1.29. The highest BCUT2D eigenvalue weighted by atomic mass is 32.2. The summed E-state index contributed by atoms with van der Waals surface area (Å²) in [4.78, 5) is 11.8. The van der Waals surface area contributed by atoms with E-state index in [0.717, 1.165) is 4.88 Å². The Hall–Kier alpha value is -0.960. The summed E-state index contributed by atoms with van der Waals surface area (Å²) in [5, 5.41) is 5.95. The standard InChI is InChI=1S/C13H21N3O3S2/c1-10-9-16(8-7-14-10)21(18,19)13-4-3-12(20-13)5-6-15-11(2)17/h3-4,10,14H,5-9H2,1-2H3,(H,15,17)/t10-/m1/s1. The minimum Gasteiger partial charge on any atom is -0.356 e. The van der Waals surface area contributed by atoms with Gasteiger partial charge in [-0.05, 0) is 25.5 Å². The third-order valence-corrected chi connectivity index (χ3v) is 6.79. The van der Waals surface area contributed by atoms with E-state index < -0.39 is 10.0 Å². The molecule has 1 atom stereocenters. The number of hydrogen-bond acceptors (Lipinski definition) is 5. The molecule has 0 unspecified atom stereocenters. The molecule has 0 bridgehead atoms. The molecule has 2 N–H and O–H groups in total. The number of carbonyl (C=O) groups is 1. The second kappa shape index (κ2) is 6.87. The Morgan fingerprint density at radius 2 is 2.29 bits per heavy atom. The van der Waals surface area contributed by atoms with Gasteiger partial charge in [-0.2, -0.15) is 4.31 Å². The predicted molar refractivity (Wildman–Crippen MR) is 82.9 cm³/mol. The first kappa shape index (κ1) is 16.4. The van der Waals surface area contributed by atoms with Gasteiger partial charge in [-0.1, -0.05) is 0 Å². The van der Waals surface area contributed by atoms with E-state index in [4.69, 9.17) is 0 Å². The monoisotopic (exact) mass is 331 g/mol. The molecule has 1 saturated heterocycles. The van der Waals surface area contributed by atoms with E-state index in [9.17, 15) is 13.2 Å². The van der Waals surface area contributed by atoms with Crippen molar-refractivity contribution in [2.75, 3.05) is 26.2 Å². The zero-order valence-corrected chi connectivity index (χ0v) is 13.9. The summed E-state index contributed by atoms with van der Waals surface area (Å²) in [7, 11) is -3.39. The molecule has 1 amide bonds. The maximum absolute atomic E-state index is 12.6. The van der Waals surface area contributed by atoms with Crippen molar-refractivity contribution in [2.24, 2.45) is 0 Å². The molecule has 0 aromatic carbocycles. The fourth-order valence-corrected chi connectivity index (χ4v) is 5.27. The van der Waals surface area contributed by atoms with Gasteiger partial charge in [-0.3, -0.25) is 4.79 Å². The van der Waals surface area contributed by atoms with Crippen molar-refractivity contribution in [1.82, 2.24) is 14.9 Å². The molecule has 1 aromatic rings. The lowest BCUT2D eigenvalue weighted by atomic mass is 10.3. The van der Waals surface area contributed by atoms with Gasteiger partial charge >= 0.3 is 0 Å². The lowest BCUT2D eigenvalue weighted by Gasteiger charge is -2.30. The molecule has 118 valence electrons. The average Bonchev–Trinajstić information content (AvgIpc) is 2.88. The first-order valence-electron chi connectivity index (χ1n) is 6.96. The lowest BCUT2D eigenvalue weighted by molar-refractivity contribution is -0.118. The van der Waals surface area contributed by atoms with Crippen LogP contribution < -0.4 is 10.6 Å². The third kappa shape index (κ3) is 4.26. The Morgan fingerprint density at radius 1 is 1.52 bits per heavy atom. The number of carbonyl (C=O) groups excluding carboxylic acids is 1. The van der Waals surface area contributed by atoms with Crippen molar-refractivity contribution < 1.29 is 13.2 Å². The van der Waals surface area contributed by atoms with E-state index >= 15 is 0 Å². The van der Waals surface area contributed by atoms with Gasteiger partial charge in [0.2, 0.25) is 5.91 Å². The Labute approximate surface area is 129 Å². The Morgan fingerprint density at radius 3 is 2.95 bits per heavy atom. The average molecular weight is 331 g/mol. The van der Waals surface area contributed by atoms with Crippen LogP contribution in [0.3, 0.4) is 0 Å². The zero-order chi connectivity index (χ0) is 15.5. The van der Waals surface area contributed by atoms with E-state index in [-0.39, 0.29) is 11.9 Å². The quantitative estimate of drug-likeness (QED) is 0.819. The summed E-state index contributed by atoms with van der Waals surface area (Å²) in [5.41, 5.74) is 0. The summed E-state index contributed by atoms with van der Waals surface area (Å²) in [5.74, 6) is -0.0748. The van der Waals surface area contributed by atoms with Crippen LogP contribution >= 0.6 is 11.3 Å². The van der Waals surface area contributed by atoms with Gasteiger partial charge in [-0.15, -0.1) is 11.3 Å². The Bertz CT molecular complexity index is 598. The number of piperazine rings is 1. The highest BCUT2D eigenvalue weighted by Gasteiger charge is 2.29. The number of nitrogens with one attached hydrogen (secondary N) is 2. The summed E-state index contributed by atoms with van der Waals surface area (Å²) in [6, 6.07) is 3.66. The summed E-state index contributed by atoms with van der Waals surface area (Å²) in [6.45, 7) is 5.67. The maximum Gasteiger partial charge on any atom is 0.252 e. The highest BCUT2D eigenvalue weighted by molar-refractivity contribution is 7.91. The van der Waals surface area contributed by atoms with Gasteiger partial charge in [0.05, 0.1) is 0 Å². The first-order chi connectivity index (χ1) is 9.89. The first-order valence-corrected chi connectivity index (χ1v) is 9.22. The van der Waals surface area contributed by atoms with Gasteiger partial charge in [0.15, 0.2) is 0 Å². The van der Waals surface area contributed by atoms with Gasteiger partial charge in [0.25, 0.3) is 10.0 Å². The van der Waals surface area contributed by atoms with Crippen LogP contribution in [0, 0.1) is 0 Å². The second-order valence-electron chi connectivity index (χ2n) is 5.17. The number of amides is 1. The Kier molecular flexibility index (Phi) is 5.37. The fraction of sp³-hybridized carbons (Fsp3) is 0.615. The number of rotatable bonds is 5. The van der Waals surface area contributed by atoms with Crippen LogP contribution in [0.4, 0.5) is 0 Å². The Balaban J connectivity index is 2.03. The SMILES string of the molecule is CC(=O)NCCc1ccc(S(=O)(=O)N2CCN[C@H](C)C2)s1. The van der Waals surface area contributed by atoms with Crippen molar-refractivity contribution in [3.63, 3.8) is 0 Å². The molecule has 2 rings (SSSR count). The minimum atomic E-state index is -3.39. The molecular weight excluding hydrogens is 310 g/mol. The topological polar surface area (TPSA) is 78.5 Å². The van der Waals surface area contributed by atoms with Crippen molar-refractivity contribution in [3.8, 4) is 0 Å². The molecule has 1 aromatic heterocycles. The minimum absolute atomic E-state index is 0.0748. The molecule has 6 nitrogen and oxygen atoms in total. The van der Waals surface area contributed by atoms with Crippen LogP contribution in [0.5, 0.6) is 0 Å². The third-order valence-electron chi connectivity index (χ3n) is 3.31. The van der Waals surface area contributed by atoms with Crippen LogP contribution in [-0.4, -0.2) is 50.9 Å². The second-order valence-corrected chi connectivity index (χ2v) is 8.51. The van der Waals surface area contributed by atoms with Gasteiger partial charge in [-0.25, -0.2) is 8.42 Å². The van der Waals surface area contributed by atoms with Gasteiger partial charge < -0.3 is 10.6 Å². The van der Waals surface area contributed by atoms with Crippen molar-refractivity contribution in [3.05, 3.63) is 17.0 Å². The highest BCUT2D eigenvalue weighted by Crippen LogP contribution is 2.25. The zero-order valence-electron chi connectivity index (χ0n) is 12.3. The van der Waals surface area contributed by atoms with E-state index in [1.807, 2.05) is 13.0 Å². The normalized spacial score (nSPS) is 20.4. The van der Waals surface area contributed by atoms with Crippen LogP contribution in [-0.2, 0) is 21.2 Å². The molecule has 1 fully saturated rings. The number of nitrogens with zero attached hydrogens (tertiary/aromatic N) is 1. The van der Waals surface area contributed by atoms with Crippen LogP contribution in [0.2, 0.25) is 0 Å². The van der Waals surface area contributed by atoms with E-state index in [2.05, 4.69) is 10.6 Å². The molecule has 8 heteroatoms. The van der Waals surface area contributed by atoms with Crippen molar-refractivity contribution in [1.29, 1.82) is 0 Å². The number of hydrogen-bond donors (Lipinski definition) is 2. The predicted octanol–water partition coefficient (Wildman–Crippen LogP) is 0.409. The smallest absolute Gasteiger partial charge is 0.252 e. The van der Waals surface area contributed by atoms with Gasteiger partial charge in [0.1, 0.15) is 4.21 Å². The van der Waals surface area contributed by atoms with Crippen LogP contribution in [0.25, 0.3) is 0 Å². The van der Waals surface area contributed by atoms with Crippen LogP contribution in [0.15, 0.2) is 16.3 Å². The fourth-order valence-electron chi connectivity index (χ4n) is 2.24. The molecule has 2 heterocycles. The number of sulfonamides is 1. The van der Waals surface area contributed by atoms with Crippen molar-refractivity contribution in [2.45, 2.75) is 30.5 Å². The molecule has 0 spiro atoms. The molecule has 0 saturated carbocycles.